The van der Waals surface area contributed by atoms with Crippen molar-refractivity contribution in [2.45, 2.75) is 24.5 Å². The zero-order chi connectivity index (χ0) is 16.3. The predicted octanol–water partition coefficient (Wildman–Crippen LogP) is -0.864. The van der Waals surface area contributed by atoms with Gasteiger partial charge in [-0.3, -0.25) is 10.1 Å². The highest BCUT2D eigenvalue weighted by molar-refractivity contribution is 5.67. The molecule has 2 heterocycles. The molecule has 13 nitrogen and oxygen atoms in total. The molecule has 4 atom stereocenters. The molecule has 1 aromatic rings. The topological polar surface area (TPSA) is 205 Å². The van der Waals surface area contributed by atoms with E-state index in [9.17, 15) is 20.3 Å². The zero-order valence-corrected chi connectivity index (χ0v) is 11.0. The van der Waals surface area contributed by atoms with Gasteiger partial charge in [-0.15, -0.1) is 0 Å². The Kier molecular flexibility index (Phi) is 4.53. The second kappa shape index (κ2) is 6.36. The molecule has 2 rings (SSSR count). The van der Waals surface area contributed by atoms with Gasteiger partial charge in [-0.25, -0.2) is 9.97 Å². The molecule has 0 bridgehead atoms. The first kappa shape index (κ1) is 15.7. The van der Waals surface area contributed by atoms with Crippen LogP contribution in [0.2, 0.25) is 0 Å². The summed E-state index contributed by atoms with van der Waals surface area (Å²) in [5.41, 5.74) is 13.1. The van der Waals surface area contributed by atoms with Gasteiger partial charge in [0.15, 0.2) is 6.23 Å². The largest absolute Gasteiger partial charge is 0.388 e. The summed E-state index contributed by atoms with van der Waals surface area (Å²) in [6.45, 7) is -0.207. The Labute approximate surface area is 122 Å². The average molecular weight is 312 g/mol. The number of anilines is 2. The number of aromatic nitrogens is 2. The van der Waals surface area contributed by atoms with Crippen molar-refractivity contribution >= 4 is 17.3 Å². The maximum atomic E-state index is 11.0. The van der Waals surface area contributed by atoms with Gasteiger partial charge in [-0.05, 0) is 5.53 Å². The molecule has 1 unspecified atom stereocenters. The number of aliphatic hydroxyl groups is 2. The number of ether oxygens (including phenoxy) is 1. The lowest BCUT2D eigenvalue weighted by Gasteiger charge is -2.16. The molecule has 1 aliphatic heterocycles. The summed E-state index contributed by atoms with van der Waals surface area (Å²) >= 11 is 0. The molecule has 0 amide bonds. The first-order chi connectivity index (χ1) is 10.5. The van der Waals surface area contributed by atoms with Gasteiger partial charge >= 0.3 is 5.69 Å². The van der Waals surface area contributed by atoms with Crippen molar-refractivity contribution in [3.8, 4) is 0 Å². The van der Waals surface area contributed by atoms with Gasteiger partial charge in [0.2, 0.25) is 11.6 Å². The molecule has 118 valence electrons. The molecule has 1 fully saturated rings. The molecule has 0 radical (unpaired) electrons. The molecule has 13 heteroatoms. The van der Waals surface area contributed by atoms with E-state index in [0.29, 0.717) is 0 Å². The van der Waals surface area contributed by atoms with Crippen LogP contribution < -0.4 is 11.1 Å². The maximum absolute atomic E-state index is 11.0. The third-order valence-electron chi connectivity index (χ3n) is 3.00. The van der Waals surface area contributed by atoms with Gasteiger partial charge in [0.1, 0.15) is 18.5 Å². The second-order valence-corrected chi connectivity index (χ2v) is 4.35. The molecule has 0 aromatic carbocycles. The summed E-state index contributed by atoms with van der Waals surface area (Å²) in [4.78, 5) is 19.9. The number of nitrogen functional groups attached to an aromatic ring is 1. The normalized spacial score (nSPS) is 27.2. The van der Waals surface area contributed by atoms with Gasteiger partial charge in [0.05, 0.1) is 17.6 Å². The van der Waals surface area contributed by atoms with E-state index >= 15 is 0 Å². The van der Waals surface area contributed by atoms with Crippen LogP contribution in [-0.2, 0) is 4.74 Å². The average Bonchev–Trinajstić information content (AvgIpc) is 2.73. The van der Waals surface area contributed by atoms with E-state index in [1.165, 1.54) is 0 Å². The number of rotatable bonds is 5. The Morgan fingerprint density at radius 3 is 2.91 bits per heavy atom. The highest BCUT2D eigenvalue weighted by atomic mass is 16.6. The van der Waals surface area contributed by atoms with Crippen molar-refractivity contribution in [1.82, 2.24) is 9.97 Å². The lowest BCUT2D eigenvalue weighted by molar-refractivity contribution is -0.383. The number of hydrogen-bond acceptors (Lipinski definition) is 10. The first-order valence-corrected chi connectivity index (χ1v) is 5.99. The van der Waals surface area contributed by atoms with Crippen LogP contribution in [0.1, 0.15) is 0 Å². The van der Waals surface area contributed by atoms with E-state index < -0.39 is 35.2 Å². The van der Waals surface area contributed by atoms with E-state index in [-0.39, 0.29) is 18.2 Å². The van der Waals surface area contributed by atoms with Gasteiger partial charge in [0, 0.05) is 4.91 Å². The monoisotopic (exact) mass is 312 g/mol. The minimum absolute atomic E-state index is 0.207. The molecule has 1 saturated heterocycles. The smallest absolute Gasteiger partial charge is 0.353 e. The Balaban J connectivity index is 2.19. The predicted molar refractivity (Wildman–Crippen MR) is 71.4 cm³/mol. The number of nitrogens with zero attached hydrogens (tertiary/aromatic N) is 6. The fourth-order valence-corrected chi connectivity index (χ4v) is 1.95. The molecular formula is C9H12N8O5. The number of nitrogens with two attached hydrogens (primary N) is 1. The van der Waals surface area contributed by atoms with Crippen molar-refractivity contribution in [3.05, 3.63) is 26.9 Å². The third-order valence-corrected chi connectivity index (χ3v) is 3.00. The Bertz CT molecular complexity index is 620. The number of aliphatic hydroxyl groups excluding tert-OH is 2. The van der Waals surface area contributed by atoms with Crippen LogP contribution >= 0.6 is 0 Å². The van der Waals surface area contributed by atoms with Crippen molar-refractivity contribution in [2.75, 3.05) is 17.6 Å². The van der Waals surface area contributed by atoms with Crippen molar-refractivity contribution in [1.29, 1.82) is 0 Å². The van der Waals surface area contributed by atoms with Gasteiger partial charge in [0.25, 0.3) is 0 Å². The molecule has 0 saturated carbocycles. The lowest BCUT2D eigenvalue weighted by Crippen LogP contribution is -2.36. The standard InChI is InChI=1S/C9H12N8O5/c10-7-4(17(20)21)8(13-2-12-7)15-9-6(19)5(18)3(22-9)1-14-16-11/h2-3,5-6,9,18-19H,1H2,(H3,10,12,13,15)/t3-,5-,6-,9?/m1/s1. The Morgan fingerprint density at radius 2 is 2.27 bits per heavy atom. The Hall–Kier alpha value is -2.73. The van der Waals surface area contributed by atoms with Gasteiger partial charge in [-0.2, -0.15) is 0 Å². The molecular weight excluding hydrogens is 300 g/mol. The number of nitro groups is 1. The highest BCUT2D eigenvalue weighted by Crippen LogP contribution is 2.30. The molecule has 22 heavy (non-hydrogen) atoms. The van der Waals surface area contributed by atoms with E-state index in [1.54, 1.807) is 0 Å². The van der Waals surface area contributed by atoms with Crippen molar-refractivity contribution in [2.24, 2.45) is 5.11 Å². The molecule has 1 aromatic heterocycles. The molecule has 0 aliphatic carbocycles. The van der Waals surface area contributed by atoms with Gasteiger partial charge in [-0.1, -0.05) is 5.11 Å². The SMILES string of the molecule is [N-]=[N+]=NC[C@H]1OC(Nc2ncnc(N)c2[N+](=O)[O-])[C@H](O)[C@@H]1O. The summed E-state index contributed by atoms with van der Waals surface area (Å²) < 4.78 is 5.27. The van der Waals surface area contributed by atoms with Crippen LogP contribution in [0.25, 0.3) is 10.4 Å². The lowest BCUT2D eigenvalue weighted by atomic mass is 10.1. The minimum atomic E-state index is -1.41. The van der Waals surface area contributed by atoms with Gasteiger partial charge < -0.3 is 26.0 Å². The molecule has 5 N–H and O–H groups in total. The van der Waals surface area contributed by atoms with E-state index in [2.05, 4.69) is 25.3 Å². The van der Waals surface area contributed by atoms with Crippen LogP contribution in [0.4, 0.5) is 17.3 Å². The van der Waals surface area contributed by atoms with Crippen molar-refractivity contribution < 1.29 is 19.9 Å². The fourth-order valence-electron chi connectivity index (χ4n) is 1.95. The molecule has 1 aliphatic rings. The summed E-state index contributed by atoms with van der Waals surface area (Å²) in [6.07, 6.45) is -3.89. The quantitative estimate of drug-likeness (QED) is 0.175. The fraction of sp³-hybridized carbons (Fsp3) is 0.556. The van der Waals surface area contributed by atoms with E-state index in [1.807, 2.05) is 0 Å². The second-order valence-electron chi connectivity index (χ2n) is 4.35. The van der Waals surface area contributed by atoms with Crippen molar-refractivity contribution in [3.63, 3.8) is 0 Å². The zero-order valence-electron chi connectivity index (χ0n) is 11.0. The third kappa shape index (κ3) is 2.96. The number of nitrogens with one attached hydrogen (secondary N) is 1. The van der Waals surface area contributed by atoms with Crippen LogP contribution in [0.5, 0.6) is 0 Å². The van der Waals surface area contributed by atoms with Crippen LogP contribution in [0, 0.1) is 10.1 Å². The summed E-state index contributed by atoms with van der Waals surface area (Å²) in [7, 11) is 0. The summed E-state index contributed by atoms with van der Waals surface area (Å²) in [5.74, 6) is -0.626. The highest BCUT2D eigenvalue weighted by Gasteiger charge is 2.43. The van der Waals surface area contributed by atoms with E-state index in [0.717, 1.165) is 6.33 Å². The van der Waals surface area contributed by atoms with E-state index in [4.69, 9.17) is 16.0 Å². The first-order valence-electron chi connectivity index (χ1n) is 5.99. The number of azide groups is 1. The van der Waals surface area contributed by atoms with Crippen LogP contribution in [0.3, 0.4) is 0 Å². The summed E-state index contributed by atoms with van der Waals surface area (Å²) in [5, 5.41) is 36.3. The molecule has 0 spiro atoms. The summed E-state index contributed by atoms with van der Waals surface area (Å²) in [6, 6.07) is 0. The number of hydrogen-bond donors (Lipinski definition) is 4. The van der Waals surface area contributed by atoms with Crippen LogP contribution in [0.15, 0.2) is 11.4 Å². The Morgan fingerprint density at radius 1 is 1.55 bits per heavy atom. The maximum Gasteiger partial charge on any atom is 0.353 e. The van der Waals surface area contributed by atoms with Crippen LogP contribution in [-0.4, -0.2) is 56.2 Å². The minimum Gasteiger partial charge on any atom is -0.388 e.